The van der Waals surface area contributed by atoms with E-state index in [1.165, 1.54) is 22.3 Å². The maximum Gasteiger partial charge on any atom is 2.00 e. The van der Waals surface area contributed by atoms with Gasteiger partial charge in [-0.05, 0) is 45.7 Å². The fourth-order valence-electron chi connectivity index (χ4n) is 3.07. The van der Waals surface area contributed by atoms with Gasteiger partial charge in [0.1, 0.15) is 0 Å². The minimum Gasteiger partial charge on any atom is -0.741 e. The smallest absolute Gasteiger partial charge is 0.741 e. The molecule has 3 aromatic carbocycles. The summed E-state index contributed by atoms with van der Waals surface area (Å²) >= 11 is 14.4. The molecule has 0 N–H and O–H groups in total. The molecule has 3 aromatic rings. The summed E-state index contributed by atoms with van der Waals surface area (Å²) in [5, 5.41) is 4.76. The van der Waals surface area contributed by atoms with E-state index >= 15 is 0 Å². The molecule has 0 aromatic heterocycles. The van der Waals surface area contributed by atoms with Crippen molar-refractivity contribution in [3.63, 3.8) is 0 Å². The Hall–Kier alpha value is -1.92. The van der Waals surface area contributed by atoms with Crippen molar-refractivity contribution in [2.45, 2.75) is 51.3 Å². The zero-order valence-corrected chi connectivity index (χ0v) is 29.4. The van der Waals surface area contributed by atoms with Crippen LogP contribution < -0.4 is 0 Å². The van der Waals surface area contributed by atoms with Crippen molar-refractivity contribution in [3.8, 4) is 0 Å². The van der Waals surface area contributed by atoms with Crippen LogP contribution >= 0.6 is 34.8 Å². The Kier molecular flexibility index (Phi) is 21.0. The van der Waals surface area contributed by atoms with Gasteiger partial charge in [0.2, 0.25) is 0 Å². The van der Waals surface area contributed by atoms with Crippen molar-refractivity contribution in [2.24, 2.45) is 4.99 Å². The fourth-order valence-corrected chi connectivity index (χ4v) is 3.07. The Morgan fingerprint density at radius 3 is 1.43 bits per heavy atom. The van der Waals surface area contributed by atoms with Gasteiger partial charge in [0.15, 0.2) is 14.4 Å². The molecule has 0 spiro atoms. The number of benzene rings is 3. The number of rotatable bonds is 4. The predicted octanol–water partition coefficient (Wildman–Crippen LogP) is 10.3. The molecule has 0 bridgehead atoms. The van der Waals surface area contributed by atoms with Crippen LogP contribution in [0.1, 0.15) is 36.1 Å². The van der Waals surface area contributed by atoms with Crippen molar-refractivity contribution < 1.29 is 45.9 Å². The van der Waals surface area contributed by atoms with Crippen LogP contribution in [0.5, 0.6) is 0 Å². The van der Waals surface area contributed by atoms with Crippen LogP contribution in [0.15, 0.2) is 89.6 Å². The minimum atomic E-state index is -6.09. The van der Waals surface area contributed by atoms with Gasteiger partial charge in [0, 0.05) is 5.71 Å². The van der Waals surface area contributed by atoms with Crippen LogP contribution in [-0.2, 0) is 29.9 Å². The Morgan fingerprint density at radius 2 is 1.12 bits per heavy atom. The molecule has 0 heterocycles. The molecule has 0 radical (unpaired) electrons. The quantitative estimate of drug-likeness (QED) is 0.114. The summed E-state index contributed by atoms with van der Waals surface area (Å²) < 4.78 is 58.2. The molecule has 0 aliphatic rings. The summed E-state index contributed by atoms with van der Waals surface area (Å²) in [5.41, 5.74) is 3.19. The first-order chi connectivity index (χ1) is 18.9. The van der Waals surface area contributed by atoms with Crippen molar-refractivity contribution in [2.75, 3.05) is 0 Å². The van der Waals surface area contributed by atoms with Crippen molar-refractivity contribution in [3.05, 3.63) is 112 Å². The molecule has 0 saturated heterocycles. The van der Waals surface area contributed by atoms with Crippen molar-refractivity contribution in [1.82, 2.24) is 0 Å². The summed E-state index contributed by atoms with van der Waals surface area (Å²) in [6.07, 6.45) is 2.04. The third-order valence-electron chi connectivity index (χ3n) is 4.82. The van der Waals surface area contributed by atoms with E-state index in [-0.39, 0.29) is 19.8 Å². The van der Waals surface area contributed by atoms with Crippen molar-refractivity contribution >= 4 is 62.0 Å². The van der Waals surface area contributed by atoms with Gasteiger partial charge in [-0.1, -0.05) is 132 Å². The first-order valence-corrected chi connectivity index (χ1v) is 14.6. The van der Waals surface area contributed by atoms with Crippen LogP contribution in [0.25, 0.3) is 5.32 Å². The summed E-state index contributed by atoms with van der Waals surface area (Å²) in [7, 11) is -6.09. The predicted molar refractivity (Wildman–Crippen MR) is 165 cm³/mol. The number of alkyl halides is 6. The van der Waals surface area contributed by atoms with Gasteiger partial charge in [0.05, 0.1) is 5.69 Å². The number of halogens is 6. The van der Waals surface area contributed by atoms with E-state index in [1.807, 2.05) is 56.3 Å². The Morgan fingerprint density at radius 1 is 0.810 bits per heavy atom. The molecule has 0 unspecified atom stereocenters. The first kappa shape index (κ1) is 42.2. The number of hydrogen-bond donors (Lipinski definition) is 0. The van der Waals surface area contributed by atoms with Gasteiger partial charge in [-0.15, -0.1) is 5.69 Å². The number of nitrogens with zero attached hydrogens (tertiary/aromatic N) is 2. The standard InChI is InChI=1S/C21H25N2.C6H6.CHCl3.CHF3O3S.Os/c1-14-9-7-10-15(2)20(14)22-18(5)13-19(6)23-21-16(3)11-8-12-17(21)4;1-2-4-6-5-3-1;2-1(3)4;2-1(3,4)8(5,6)7;/h7-13H,1-6H3;1-6H;1H;(H,5,6,7);/q-1;;;;+2/p-1/b18-13-,23-19?;;;;. The molecule has 0 aliphatic carbocycles. The largest absolute Gasteiger partial charge is 2.00 e. The number of allylic oxidation sites excluding steroid dienone is 2. The average Bonchev–Trinajstić information content (AvgIpc) is 2.84. The first-order valence-electron chi connectivity index (χ1n) is 11.9. The molecule has 0 atom stereocenters. The second kappa shape index (κ2) is 20.9. The monoisotopic (exact) mass is 842 g/mol. The van der Waals surface area contributed by atoms with Gasteiger partial charge in [-0.3, -0.25) is 4.99 Å². The summed E-state index contributed by atoms with van der Waals surface area (Å²) in [6.45, 7) is 12.4. The Labute approximate surface area is 275 Å². The molecule has 13 heteroatoms. The topological polar surface area (TPSA) is 83.7 Å². The number of aryl methyl sites for hydroxylation is 4. The molecule has 3 rings (SSSR count). The van der Waals surface area contributed by atoms with E-state index in [4.69, 9.17) is 58.1 Å². The molecule has 42 heavy (non-hydrogen) atoms. The second-order valence-electron chi connectivity index (χ2n) is 8.43. The van der Waals surface area contributed by atoms with Gasteiger partial charge in [0.25, 0.3) is 0 Å². The Bertz CT molecular complexity index is 1320. The third-order valence-corrected chi connectivity index (χ3v) is 5.39. The SMILES string of the molecule is CC(/C=C(/C)[N-]c1c(C)cccc1C)=Nc1c(C)cccc1C.ClC(Cl)Cl.O=S(=O)([O-])C(F)(F)F.[Os+2].c1ccccc1. The number of hydrogen-bond acceptors (Lipinski definition) is 4. The van der Waals surface area contributed by atoms with Crippen LogP contribution in [0.3, 0.4) is 0 Å². The molecule has 0 fully saturated rings. The number of para-hydroxylation sites is 2. The molecule has 0 amide bonds. The molecular weight excluding hydrogens is 810 g/mol. The van der Waals surface area contributed by atoms with Gasteiger partial charge >= 0.3 is 25.3 Å². The van der Waals surface area contributed by atoms with E-state index in [0.29, 0.717) is 0 Å². The van der Waals surface area contributed by atoms with E-state index in [9.17, 15) is 13.2 Å². The molecule has 0 saturated carbocycles. The maximum atomic E-state index is 10.7. The van der Waals surface area contributed by atoms with E-state index in [0.717, 1.165) is 22.8 Å². The van der Waals surface area contributed by atoms with Crippen LogP contribution in [0, 0.1) is 27.7 Å². The van der Waals surface area contributed by atoms with Crippen LogP contribution in [-0.4, -0.2) is 28.5 Å². The summed E-state index contributed by atoms with van der Waals surface area (Å²) in [6, 6.07) is 24.5. The minimum absolute atomic E-state index is 0. The van der Waals surface area contributed by atoms with Crippen molar-refractivity contribution in [1.29, 1.82) is 0 Å². The maximum absolute atomic E-state index is 10.7. The summed E-state index contributed by atoms with van der Waals surface area (Å²) in [5.74, 6) is 0. The molecule has 232 valence electrons. The third kappa shape index (κ3) is 18.6. The van der Waals surface area contributed by atoms with Gasteiger partial charge in [-0.25, -0.2) is 8.42 Å². The van der Waals surface area contributed by atoms with Gasteiger partial charge in [-0.2, -0.15) is 18.9 Å². The zero-order valence-electron chi connectivity index (χ0n) is 23.7. The summed E-state index contributed by atoms with van der Waals surface area (Å²) in [4.78, 5) is 4.76. The number of aliphatic imine (C=N–C) groups is 1. The molecule has 5 nitrogen and oxygen atoms in total. The molecular formula is C29H32Cl3F3N2O3OsS. The van der Waals surface area contributed by atoms with E-state index in [2.05, 4.69) is 64.1 Å². The second-order valence-corrected chi connectivity index (χ2v) is 11.8. The van der Waals surface area contributed by atoms with Gasteiger partial charge < -0.3 is 9.87 Å². The normalized spacial score (nSPS) is 11.5. The van der Waals surface area contributed by atoms with E-state index < -0.39 is 19.9 Å². The van der Waals surface area contributed by atoms with Crippen LogP contribution in [0.2, 0.25) is 0 Å². The zero-order chi connectivity index (χ0) is 31.8. The Balaban J connectivity index is 0. The van der Waals surface area contributed by atoms with E-state index in [1.54, 1.807) is 0 Å². The molecule has 0 aliphatic heterocycles. The van der Waals surface area contributed by atoms with Crippen LogP contribution in [0.4, 0.5) is 24.5 Å². The average molecular weight is 842 g/mol. The fraction of sp³-hybridized carbons (Fsp3) is 0.276.